The van der Waals surface area contributed by atoms with Gasteiger partial charge in [0.2, 0.25) is 0 Å². The Bertz CT molecular complexity index is 401. The van der Waals surface area contributed by atoms with Gasteiger partial charge in [-0.15, -0.1) is 11.3 Å². The van der Waals surface area contributed by atoms with Crippen LogP contribution in [0.2, 0.25) is 0 Å². The van der Waals surface area contributed by atoms with Gasteiger partial charge < -0.3 is 5.32 Å². The monoisotopic (exact) mass is 235 g/mol. The molecule has 0 radical (unpaired) electrons. The summed E-state index contributed by atoms with van der Waals surface area (Å²) in [5, 5.41) is 6.03. The normalized spacial score (nSPS) is 27.1. The Morgan fingerprint density at radius 1 is 1.44 bits per heavy atom. The highest BCUT2D eigenvalue weighted by molar-refractivity contribution is 7.10. The van der Waals surface area contributed by atoms with E-state index in [1.807, 2.05) is 11.3 Å². The first-order valence-electron chi connectivity index (χ1n) is 6.42. The van der Waals surface area contributed by atoms with Crippen molar-refractivity contribution < 1.29 is 0 Å². The molecule has 2 aliphatic rings. The van der Waals surface area contributed by atoms with Gasteiger partial charge >= 0.3 is 0 Å². The van der Waals surface area contributed by atoms with Crippen molar-refractivity contribution in [3.63, 3.8) is 0 Å². The van der Waals surface area contributed by atoms with Crippen molar-refractivity contribution >= 4 is 11.3 Å². The van der Waals surface area contributed by atoms with Gasteiger partial charge in [0.1, 0.15) is 0 Å². The van der Waals surface area contributed by atoms with E-state index in [4.69, 9.17) is 0 Å². The van der Waals surface area contributed by atoms with Crippen LogP contribution < -0.4 is 5.32 Å². The zero-order chi connectivity index (χ0) is 11.3. The smallest absolute Gasteiger partial charge is 0.0219 e. The predicted molar refractivity (Wildman–Crippen MR) is 70.2 cm³/mol. The first kappa shape index (κ1) is 10.8. The number of rotatable bonds is 3. The van der Waals surface area contributed by atoms with E-state index in [2.05, 4.69) is 31.5 Å². The van der Waals surface area contributed by atoms with E-state index in [1.54, 1.807) is 16.0 Å². The highest BCUT2D eigenvalue weighted by Gasteiger charge is 2.37. The molecule has 16 heavy (non-hydrogen) atoms. The van der Waals surface area contributed by atoms with Crippen LogP contribution in [0.3, 0.4) is 0 Å². The molecule has 0 spiro atoms. The number of nitrogens with one attached hydrogen (secondary N) is 1. The molecule has 1 atom stereocenters. The Kier molecular flexibility index (Phi) is 2.41. The van der Waals surface area contributed by atoms with Crippen LogP contribution in [0, 0.1) is 0 Å². The molecule has 1 unspecified atom stereocenters. The molecule has 1 aromatic heterocycles. The van der Waals surface area contributed by atoms with Gasteiger partial charge in [0.25, 0.3) is 0 Å². The Labute approximate surface area is 102 Å². The summed E-state index contributed by atoms with van der Waals surface area (Å²) in [6.07, 6.45) is 4.09. The molecule has 1 N–H and O–H groups in total. The fraction of sp³-hybridized carbons (Fsp3) is 0.714. The van der Waals surface area contributed by atoms with Crippen molar-refractivity contribution in [1.82, 2.24) is 5.32 Å². The molecule has 2 heteroatoms. The van der Waals surface area contributed by atoms with Crippen LogP contribution in [-0.2, 0) is 12.0 Å². The molecule has 1 saturated carbocycles. The Hall–Kier alpha value is -0.340. The first-order chi connectivity index (χ1) is 7.58. The molecule has 1 aromatic rings. The Morgan fingerprint density at radius 2 is 2.19 bits per heavy atom. The molecule has 1 fully saturated rings. The molecule has 1 heterocycles. The zero-order valence-electron chi connectivity index (χ0n) is 10.5. The summed E-state index contributed by atoms with van der Waals surface area (Å²) >= 11 is 1.98. The van der Waals surface area contributed by atoms with Gasteiger partial charge in [-0.25, -0.2) is 0 Å². The lowest BCUT2D eigenvalue weighted by atomic mass is 9.91. The van der Waals surface area contributed by atoms with Gasteiger partial charge in [0.15, 0.2) is 0 Å². The van der Waals surface area contributed by atoms with Crippen LogP contribution >= 0.6 is 11.3 Å². The molecular formula is C14H21NS. The molecule has 2 aliphatic carbocycles. The third-order valence-electron chi connectivity index (χ3n) is 3.99. The quantitative estimate of drug-likeness (QED) is 0.840. The van der Waals surface area contributed by atoms with Gasteiger partial charge in [-0.3, -0.25) is 0 Å². The summed E-state index contributed by atoms with van der Waals surface area (Å²) in [6, 6.07) is 0.820. The summed E-state index contributed by atoms with van der Waals surface area (Å²) in [4.78, 5) is 1.65. The summed E-state index contributed by atoms with van der Waals surface area (Å²) in [6.45, 7) is 8.27. The van der Waals surface area contributed by atoms with Gasteiger partial charge in [-0.2, -0.15) is 0 Å². The van der Waals surface area contributed by atoms with E-state index >= 15 is 0 Å². The minimum atomic E-state index is 0.414. The minimum Gasteiger partial charge on any atom is -0.310 e. The third-order valence-corrected chi connectivity index (χ3v) is 5.40. The van der Waals surface area contributed by atoms with Crippen LogP contribution in [0.5, 0.6) is 0 Å². The molecule has 1 nitrogen and oxygen atoms in total. The molecule has 88 valence electrons. The maximum absolute atomic E-state index is 3.64. The molecule has 0 amide bonds. The van der Waals surface area contributed by atoms with Gasteiger partial charge in [0, 0.05) is 17.5 Å². The zero-order valence-corrected chi connectivity index (χ0v) is 11.3. The van der Waals surface area contributed by atoms with Gasteiger partial charge in [0.05, 0.1) is 0 Å². The SMILES string of the molecule is CC1CC(C)(C)c2scc(CNC3CC3)c21. The van der Waals surface area contributed by atoms with E-state index in [0.717, 1.165) is 18.5 Å². The summed E-state index contributed by atoms with van der Waals surface area (Å²) in [7, 11) is 0. The van der Waals surface area contributed by atoms with Crippen LogP contribution in [-0.4, -0.2) is 6.04 Å². The van der Waals surface area contributed by atoms with Crippen molar-refractivity contribution in [3.8, 4) is 0 Å². The topological polar surface area (TPSA) is 12.0 Å². The number of hydrogen-bond donors (Lipinski definition) is 1. The Morgan fingerprint density at radius 3 is 2.88 bits per heavy atom. The fourth-order valence-corrected chi connectivity index (χ4v) is 4.44. The van der Waals surface area contributed by atoms with Crippen LogP contribution in [0.1, 0.15) is 62.0 Å². The van der Waals surface area contributed by atoms with E-state index in [9.17, 15) is 0 Å². The van der Waals surface area contributed by atoms with E-state index < -0.39 is 0 Å². The summed E-state index contributed by atoms with van der Waals surface area (Å²) < 4.78 is 0. The molecule has 3 rings (SSSR count). The number of fused-ring (bicyclic) bond motifs is 1. The lowest BCUT2D eigenvalue weighted by Crippen LogP contribution is -2.15. The molecule has 0 aliphatic heterocycles. The predicted octanol–water partition coefficient (Wildman–Crippen LogP) is 3.78. The maximum Gasteiger partial charge on any atom is 0.0219 e. The molecule has 0 aromatic carbocycles. The standard InChI is InChI=1S/C14H21NS/c1-9-6-14(2,3)13-12(9)10(8-16-13)7-15-11-4-5-11/h8-9,11,15H,4-7H2,1-3H3. The maximum atomic E-state index is 3.64. The van der Waals surface area contributed by atoms with Crippen LogP contribution in [0.4, 0.5) is 0 Å². The fourth-order valence-electron chi connectivity index (χ4n) is 3.11. The average Bonchev–Trinajstić information content (AvgIpc) is 2.86. The average molecular weight is 235 g/mol. The highest BCUT2D eigenvalue weighted by Crippen LogP contribution is 2.50. The highest BCUT2D eigenvalue weighted by atomic mass is 32.1. The van der Waals surface area contributed by atoms with Gasteiger partial charge in [-0.1, -0.05) is 20.8 Å². The van der Waals surface area contributed by atoms with E-state index in [0.29, 0.717) is 5.41 Å². The molecular weight excluding hydrogens is 214 g/mol. The number of thiophene rings is 1. The molecule has 0 bridgehead atoms. The lowest BCUT2D eigenvalue weighted by molar-refractivity contribution is 0.494. The van der Waals surface area contributed by atoms with Crippen molar-refractivity contribution in [1.29, 1.82) is 0 Å². The van der Waals surface area contributed by atoms with Crippen LogP contribution in [0.25, 0.3) is 0 Å². The summed E-state index contributed by atoms with van der Waals surface area (Å²) in [5.74, 6) is 0.757. The third kappa shape index (κ3) is 1.72. The Balaban J connectivity index is 1.85. The van der Waals surface area contributed by atoms with Crippen LogP contribution in [0.15, 0.2) is 5.38 Å². The lowest BCUT2D eigenvalue weighted by Gasteiger charge is -2.16. The largest absolute Gasteiger partial charge is 0.310 e. The van der Waals surface area contributed by atoms with Crippen molar-refractivity contribution in [2.24, 2.45) is 0 Å². The second kappa shape index (κ2) is 3.58. The van der Waals surface area contributed by atoms with E-state index in [1.165, 1.54) is 19.3 Å². The summed E-state index contributed by atoms with van der Waals surface area (Å²) in [5.41, 5.74) is 3.66. The van der Waals surface area contributed by atoms with Crippen molar-refractivity contribution in [3.05, 3.63) is 21.4 Å². The minimum absolute atomic E-state index is 0.414. The van der Waals surface area contributed by atoms with Crippen molar-refractivity contribution in [2.45, 2.75) is 64.0 Å². The van der Waals surface area contributed by atoms with E-state index in [-0.39, 0.29) is 0 Å². The number of hydrogen-bond acceptors (Lipinski definition) is 2. The second-order valence-corrected chi connectivity index (χ2v) is 7.03. The van der Waals surface area contributed by atoms with Crippen molar-refractivity contribution in [2.75, 3.05) is 0 Å². The first-order valence-corrected chi connectivity index (χ1v) is 7.30. The molecule has 0 saturated heterocycles. The van der Waals surface area contributed by atoms with Gasteiger partial charge in [-0.05, 0) is 47.1 Å². The second-order valence-electron chi connectivity index (χ2n) is 6.15.